The summed E-state index contributed by atoms with van der Waals surface area (Å²) in [6.07, 6.45) is 0. The molecule has 0 aliphatic carbocycles. The summed E-state index contributed by atoms with van der Waals surface area (Å²) >= 11 is 0. The van der Waals surface area contributed by atoms with Crippen molar-refractivity contribution in [3.63, 3.8) is 0 Å². The molecule has 7 heteroatoms. The minimum absolute atomic E-state index is 0.273. The third-order valence-corrected chi connectivity index (χ3v) is 2.65. The van der Waals surface area contributed by atoms with Crippen LogP contribution < -0.4 is 14.8 Å². The van der Waals surface area contributed by atoms with Gasteiger partial charge in [-0.25, -0.2) is 0 Å². The van der Waals surface area contributed by atoms with Gasteiger partial charge in [0.1, 0.15) is 22.2 Å². The van der Waals surface area contributed by atoms with Crippen molar-refractivity contribution in [1.82, 2.24) is 0 Å². The second kappa shape index (κ2) is 5.96. The summed E-state index contributed by atoms with van der Waals surface area (Å²) in [5.74, 6) is 1.50. The Morgan fingerprint density at radius 1 is 1.20 bits per heavy atom. The lowest BCUT2D eigenvalue weighted by molar-refractivity contribution is -0.402. The van der Waals surface area contributed by atoms with E-state index in [1.54, 1.807) is 38.5 Å². The Hall–Kier alpha value is -2.70. The van der Waals surface area contributed by atoms with E-state index >= 15 is 0 Å². The summed E-state index contributed by atoms with van der Waals surface area (Å²) < 4.78 is 15.4. The number of nitrogens with zero attached hydrogens (tertiary/aromatic N) is 1. The Kier molecular flexibility index (Phi) is 4.09. The fourth-order valence-electron chi connectivity index (χ4n) is 1.66. The Balaban J connectivity index is 2.07. The average molecular weight is 278 g/mol. The first kappa shape index (κ1) is 13.7. The zero-order valence-corrected chi connectivity index (χ0v) is 11.1. The number of furan rings is 1. The first-order chi connectivity index (χ1) is 9.62. The van der Waals surface area contributed by atoms with Gasteiger partial charge >= 0.3 is 5.88 Å². The highest BCUT2D eigenvalue weighted by molar-refractivity contribution is 5.53. The zero-order valence-electron chi connectivity index (χ0n) is 11.1. The van der Waals surface area contributed by atoms with E-state index in [1.807, 2.05) is 0 Å². The molecule has 1 heterocycles. The second-order valence-corrected chi connectivity index (χ2v) is 3.95. The molecule has 0 radical (unpaired) electrons. The van der Waals surface area contributed by atoms with Gasteiger partial charge in [-0.1, -0.05) is 0 Å². The number of anilines is 1. The predicted octanol–water partition coefficient (Wildman–Crippen LogP) is 2.82. The van der Waals surface area contributed by atoms with Gasteiger partial charge in [-0.3, -0.25) is 10.1 Å². The topological polar surface area (TPSA) is 86.8 Å². The Morgan fingerprint density at radius 2 is 1.85 bits per heavy atom. The quantitative estimate of drug-likeness (QED) is 0.645. The molecule has 7 nitrogen and oxygen atoms in total. The number of benzene rings is 1. The van der Waals surface area contributed by atoms with Gasteiger partial charge in [0.15, 0.2) is 0 Å². The van der Waals surface area contributed by atoms with Crippen LogP contribution in [0.25, 0.3) is 0 Å². The Morgan fingerprint density at radius 3 is 2.35 bits per heavy atom. The third-order valence-electron chi connectivity index (χ3n) is 2.65. The van der Waals surface area contributed by atoms with Crippen LogP contribution in [-0.4, -0.2) is 19.1 Å². The molecule has 0 saturated heterocycles. The van der Waals surface area contributed by atoms with Gasteiger partial charge in [0.25, 0.3) is 0 Å². The van der Waals surface area contributed by atoms with Gasteiger partial charge < -0.3 is 19.2 Å². The SMILES string of the molecule is COc1cc(NCc2ccc([N+](=O)[O-])o2)cc(OC)c1. The van der Waals surface area contributed by atoms with Crippen molar-refractivity contribution in [2.45, 2.75) is 6.54 Å². The highest BCUT2D eigenvalue weighted by Gasteiger charge is 2.11. The van der Waals surface area contributed by atoms with E-state index in [0.717, 1.165) is 5.69 Å². The monoisotopic (exact) mass is 278 g/mol. The lowest BCUT2D eigenvalue weighted by Gasteiger charge is -2.09. The molecule has 1 N–H and O–H groups in total. The standard InChI is InChI=1S/C13H14N2O5/c1-18-11-5-9(6-12(7-11)19-2)14-8-10-3-4-13(20-10)15(16)17/h3-7,14H,8H2,1-2H3. The molecule has 1 aromatic carbocycles. The molecule has 1 aromatic heterocycles. The van der Waals surface area contributed by atoms with Crippen LogP contribution in [0.1, 0.15) is 5.76 Å². The molecule has 0 saturated carbocycles. The molecule has 0 atom stereocenters. The van der Waals surface area contributed by atoms with E-state index in [9.17, 15) is 10.1 Å². The first-order valence-electron chi connectivity index (χ1n) is 5.82. The van der Waals surface area contributed by atoms with Crippen LogP contribution in [0, 0.1) is 10.1 Å². The van der Waals surface area contributed by atoms with Crippen LogP contribution in [0.3, 0.4) is 0 Å². The van der Waals surface area contributed by atoms with Crippen molar-refractivity contribution < 1.29 is 18.8 Å². The first-order valence-corrected chi connectivity index (χ1v) is 5.82. The number of hydrogen-bond donors (Lipinski definition) is 1. The Labute approximate surface area is 115 Å². The molecular formula is C13H14N2O5. The number of rotatable bonds is 6. The highest BCUT2D eigenvalue weighted by atomic mass is 16.6. The van der Waals surface area contributed by atoms with E-state index in [1.165, 1.54) is 6.07 Å². The van der Waals surface area contributed by atoms with Crippen LogP contribution in [0.2, 0.25) is 0 Å². The van der Waals surface area contributed by atoms with E-state index < -0.39 is 4.92 Å². The number of methoxy groups -OCH3 is 2. The smallest absolute Gasteiger partial charge is 0.433 e. The normalized spacial score (nSPS) is 10.1. The fourth-order valence-corrected chi connectivity index (χ4v) is 1.66. The van der Waals surface area contributed by atoms with Gasteiger partial charge in [0, 0.05) is 23.9 Å². The fraction of sp³-hybridized carbons (Fsp3) is 0.231. The van der Waals surface area contributed by atoms with E-state index in [2.05, 4.69) is 5.32 Å². The molecule has 0 aliphatic rings. The molecule has 0 spiro atoms. The summed E-state index contributed by atoms with van der Waals surface area (Å²) in [6.45, 7) is 0.324. The molecule has 0 aliphatic heterocycles. The van der Waals surface area contributed by atoms with E-state index in [0.29, 0.717) is 23.8 Å². The number of nitro groups is 1. The maximum absolute atomic E-state index is 10.5. The Bertz CT molecular complexity index is 586. The summed E-state index contributed by atoms with van der Waals surface area (Å²) in [7, 11) is 3.13. The van der Waals surface area contributed by atoms with Crippen LogP contribution in [-0.2, 0) is 6.54 Å². The van der Waals surface area contributed by atoms with Gasteiger partial charge in [-0.2, -0.15) is 0 Å². The van der Waals surface area contributed by atoms with Crippen molar-refractivity contribution >= 4 is 11.6 Å². The van der Waals surface area contributed by atoms with Crippen molar-refractivity contribution in [1.29, 1.82) is 0 Å². The van der Waals surface area contributed by atoms with Crippen LogP contribution >= 0.6 is 0 Å². The number of ether oxygens (including phenoxy) is 2. The molecular weight excluding hydrogens is 264 g/mol. The maximum Gasteiger partial charge on any atom is 0.433 e. The molecule has 0 fully saturated rings. The van der Waals surface area contributed by atoms with Crippen LogP contribution in [0.4, 0.5) is 11.6 Å². The maximum atomic E-state index is 10.5. The molecule has 2 aromatic rings. The van der Waals surface area contributed by atoms with Crippen molar-refractivity contribution in [3.8, 4) is 11.5 Å². The molecule has 0 bridgehead atoms. The lowest BCUT2D eigenvalue weighted by Crippen LogP contribution is -1.99. The van der Waals surface area contributed by atoms with Crippen LogP contribution in [0.5, 0.6) is 11.5 Å². The summed E-state index contributed by atoms with van der Waals surface area (Å²) in [4.78, 5) is 9.94. The van der Waals surface area contributed by atoms with Gasteiger partial charge in [-0.05, 0) is 6.07 Å². The van der Waals surface area contributed by atoms with E-state index in [4.69, 9.17) is 13.9 Å². The average Bonchev–Trinajstić information content (AvgIpc) is 2.93. The second-order valence-electron chi connectivity index (χ2n) is 3.95. The predicted molar refractivity (Wildman–Crippen MR) is 72.2 cm³/mol. The largest absolute Gasteiger partial charge is 0.497 e. The lowest BCUT2D eigenvalue weighted by atomic mass is 10.2. The molecule has 106 valence electrons. The summed E-state index contributed by atoms with van der Waals surface area (Å²) in [6, 6.07) is 8.22. The highest BCUT2D eigenvalue weighted by Crippen LogP contribution is 2.26. The van der Waals surface area contributed by atoms with Gasteiger partial charge in [0.2, 0.25) is 0 Å². The van der Waals surface area contributed by atoms with Crippen LogP contribution in [0.15, 0.2) is 34.7 Å². The number of nitrogens with one attached hydrogen (secondary N) is 1. The van der Waals surface area contributed by atoms with Gasteiger partial charge in [-0.15, -0.1) is 0 Å². The van der Waals surface area contributed by atoms with Crippen molar-refractivity contribution in [2.75, 3.05) is 19.5 Å². The third kappa shape index (κ3) is 3.19. The summed E-state index contributed by atoms with van der Waals surface area (Å²) in [5, 5.41) is 13.6. The van der Waals surface area contributed by atoms with Gasteiger partial charge in [0.05, 0.1) is 26.8 Å². The van der Waals surface area contributed by atoms with Crippen molar-refractivity contribution in [2.24, 2.45) is 0 Å². The minimum Gasteiger partial charge on any atom is -0.497 e. The van der Waals surface area contributed by atoms with E-state index in [-0.39, 0.29) is 5.88 Å². The zero-order chi connectivity index (χ0) is 14.5. The molecule has 0 amide bonds. The number of hydrogen-bond acceptors (Lipinski definition) is 6. The molecule has 0 unspecified atom stereocenters. The summed E-state index contributed by atoms with van der Waals surface area (Å²) in [5.41, 5.74) is 0.764. The molecule has 20 heavy (non-hydrogen) atoms. The van der Waals surface area contributed by atoms with Crippen molar-refractivity contribution in [3.05, 3.63) is 46.2 Å². The minimum atomic E-state index is -0.571. The molecule has 2 rings (SSSR count).